The minimum atomic E-state index is -0.554. The predicted molar refractivity (Wildman–Crippen MR) is 53.0 cm³/mol. The van der Waals surface area contributed by atoms with Crippen LogP contribution in [0.1, 0.15) is 13.3 Å². The Morgan fingerprint density at radius 1 is 1.54 bits per heavy atom. The number of ether oxygens (including phenoxy) is 1. The van der Waals surface area contributed by atoms with Crippen LogP contribution in [0.4, 0.5) is 4.79 Å². The third-order valence-corrected chi connectivity index (χ3v) is 2.22. The van der Waals surface area contributed by atoms with Crippen molar-refractivity contribution in [3.05, 3.63) is 0 Å². The maximum absolute atomic E-state index is 11.0. The molecular formula is C8H15NO3S. The molecule has 1 atom stereocenters. The zero-order valence-electron chi connectivity index (χ0n) is 8.12. The predicted octanol–water partition coefficient (Wildman–Crippen LogP) is 1.05. The van der Waals surface area contributed by atoms with Crippen molar-refractivity contribution in [2.75, 3.05) is 19.1 Å². The number of amides is 1. The molecule has 0 aliphatic rings. The summed E-state index contributed by atoms with van der Waals surface area (Å²) in [5, 5.41) is 2.48. The lowest BCUT2D eigenvalue weighted by Crippen LogP contribution is -2.40. The Bertz CT molecular complexity index is 184. The largest absolute Gasteiger partial charge is 0.453 e. The first-order chi connectivity index (χ1) is 6.11. The number of alkyl carbamates (subject to hydrolysis) is 1. The summed E-state index contributed by atoms with van der Waals surface area (Å²) in [6.07, 6.45) is 2.04. The summed E-state index contributed by atoms with van der Waals surface area (Å²) in [7, 11) is 1.28. The van der Waals surface area contributed by atoms with Crippen molar-refractivity contribution in [2.45, 2.75) is 19.4 Å². The Labute approximate surface area is 82.4 Å². The Balaban J connectivity index is 3.94. The van der Waals surface area contributed by atoms with Crippen LogP contribution in [0.3, 0.4) is 0 Å². The van der Waals surface area contributed by atoms with E-state index >= 15 is 0 Å². The monoisotopic (exact) mass is 205 g/mol. The molecule has 5 heteroatoms. The molecule has 0 fully saturated rings. The molecule has 76 valence electrons. The molecule has 0 bridgehead atoms. The van der Waals surface area contributed by atoms with E-state index in [0.29, 0.717) is 6.42 Å². The molecule has 0 aromatic carbocycles. The zero-order chi connectivity index (χ0) is 10.3. The van der Waals surface area contributed by atoms with Gasteiger partial charge in [-0.25, -0.2) is 4.79 Å². The van der Waals surface area contributed by atoms with Crippen molar-refractivity contribution in [1.29, 1.82) is 0 Å². The number of ketones is 1. The Morgan fingerprint density at radius 3 is 2.54 bits per heavy atom. The van der Waals surface area contributed by atoms with E-state index in [4.69, 9.17) is 0 Å². The molecule has 0 aliphatic heterocycles. The molecule has 0 aromatic rings. The average Bonchev–Trinajstić information content (AvgIpc) is 2.11. The fraction of sp³-hybridized carbons (Fsp3) is 0.750. The highest BCUT2D eigenvalue weighted by Gasteiger charge is 2.16. The van der Waals surface area contributed by atoms with E-state index in [9.17, 15) is 9.59 Å². The minimum absolute atomic E-state index is 0.0422. The summed E-state index contributed by atoms with van der Waals surface area (Å²) in [4.78, 5) is 21.8. The van der Waals surface area contributed by atoms with E-state index in [1.54, 1.807) is 11.8 Å². The van der Waals surface area contributed by atoms with Crippen LogP contribution in [0, 0.1) is 0 Å². The fourth-order valence-electron chi connectivity index (χ4n) is 0.814. The molecule has 0 rings (SSSR count). The highest BCUT2D eigenvalue weighted by atomic mass is 32.2. The van der Waals surface area contributed by atoms with Crippen molar-refractivity contribution >= 4 is 23.6 Å². The van der Waals surface area contributed by atoms with Gasteiger partial charge in [-0.3, -0.25) is 4.79 Å². The molecule has 0 heterocycles. The Kier molecular flexibility index (Phi) is 6.40. The lowest BCUT2D eigenvalue weighted by Gasteiger charge is -2.13. The first kappa shape index (κ1) is 12.3. The van der Waals surface area contributed by atoms with Crippen LogP contribution < -0.4 is 5.32 Å². The molecule has 4 nitrogen and oxygen atoms in total. The third-order valence-electron chi connectivity index (χ3n) is 1.58. The number of thioether (sulfide) groups is 1. The second-order valence-electron chi connectivity index (χ2n) is 2.58. The van der Waals surface area contributed by atoms with Crippen molar-refractivity contribution in [3.63, 3.8) is 0 Å². The quantitative estimate of drug-likeness (QED) is 0.729. The van der Waals surface area contributed by atoms with Gasteiger partial charge in [0.05, 0.1) is 13.2 Å². The second-order valence-corrected chi connectivity index (χ2v) is 3.57. The number of carbonyl (C=O) groups excluding carboxylic acids is 2. The van der Waals surface area contributed by atoms with Crippen molar-refractivity contribution in [2.24, 2.45) is 0 Å². The summed E-state index contributed by atoms with van der Waals surface area (Å²) in [5.74, 6) is 0.799. The smallest absolute Gasteiger partial charge is 0.407 e. The fourth-order valence-corrected chi connectivity index (χ4v) is 1.29. The third kappa shape index (κ3) is 5.52. The standard InChI is InChI=1S/C8H15NO3S/c1-6(10)7(4-5-13-3)9-8(11)12-2/h7H,4-5H2,1-3H3,(H,9,11)/t7-/m0/s1. The molecule has 0 aliphatic carbocycles. The van der Waals surface area contributed by atoms with Gasteiger partial charge in [-0.15, -0.1) is 0 Å². The molecule has 13 heavy (non-hydrogen) atoms. The first-order valence-corrected chi connectivity index (χ1v) is 5.35. The van der Waals surface area contributed by atoms with E-state index in [-0.39, 0.29) is 5.78 Å². The minimum Gasteiger partial charge on any atom is -0.453 e. The Hall–Kier alpha value is -0.710. The van der Waals surface area contributed by atoms with Gasteiger partial charge in [-0.05, 0) is 25.4 Å². The van der Waals surface area contributed by atoms with Gasteiger partial charge in [0.1, 0.15) is 0 Å². The summed E-state index contributed by atoms with van der Waals surface area (Å²) < 4.78 is 4.40. The van der Waals surface area contributed by atoms with Crippen molar-refractivity contribution < 1.29 is 14.3 Å². The van der Waals surface area contributed by atoms with Gasteiger partial charge in [-0.2, -0.15) is 11.8 Å². The van der Waals surface area contributed by atoms with Crippen molar-refractivity contribution in [1.82, 2.24) is 5.32 Å². The summed E-state index contributed by atoms with van der Waals surface area (Å²) in [6, 6.07) is -0.417. The maximum atomic E-state index is 11.0. The molecule has 0 saturated heterocycles. The molecule has 0 spiro atoms. The summed E-state index contributed by atoms with van der Waals surface area (Å²) in [6.45, 7) is 1.46. The molecule has 0 radical (unpaired) electrons. The van der Waals surface area contributed by atoms with Crippen molar-refractivity contribution in [3.8, 4) is 0 Å². The SMILES string of the molecule is COC(=O)N[C@@H](CCSC)C(C)=O. The van der Waals surface area contributed by atoms with Crippen LogP contribution in [0.2, 0.25) is 0 Å². The maximum Gasteiger partial charge on any atom is 0.407 e. The lowest BCUT2D eigenvalue weighted by molar-refractivity contribution is -0.118. The van der Waals surface area contributed by atoms with Gasteiger partial charge in [0.2, 0.25) is 0 Å². The van der Waals surface area contributed by atoms with Gasteiger partial charge in [0.25, 0.3) is 0 Å². The van der Waals surface area contributed by atoms with Crippen LogP contribution >= 0.6 is 11.8 Å². The number of hydrogen-bond donors (Lipinski definition) is 1. The number of nitrogens with one attached hydrogen (secondary N) is 1. The van der Waals surface area contributed by atoms with E-state index < -0.39 is 12.1 Å². The van der Waals surface area contributed by atoms with E-state index in [1.165, 1.54) is 14.0 Å². The molecule has 1 N–H and O–H groups in total. The number of rotatable bonds is 5. The molecule has 1 amide bonds. The van der Waals surface area contributed by atoms with Crippen LogP contribution in [0.15, 0.2) is 0 Å². The highest BCUT2D eigenvalue weighted by Crippen LogP contribution is 2.01. The van der Waals surface area contributed by atoms with Crippen LogP contribution in [0.25, 0.3) is 0 Å². The van der Waals surface area contributed by atoms with Gasteiger partial charge in [0, 0.05) is 0 Å². The number of methoxy groups -OCH3 is 1. The lowest BCUT2D eigenvalue weighted by atomic mass is 10.1. The normalized spacial score (nSPS) is 11.9. The summed E-state index contributed by atoms with van der Waals surface area (Å²) in [5.41, 5.74) is 0. The number of carbonyl (C=O) groups is 2. The average molecular weight is 205 g/mol. The van der Waals surface area contributed by atoms with Gasteiger partial charge >= 0.3 is 6.09 Å². The highest BCUT2D eigenvalue weighted by molar-refractivity contribution is 7.98. The molecule has 0 saturated carbocycles. The Morgan fingerprint density at radius 2 is 2.15 bits per heavy atom. The molecule has 0 unspecified atom stereocenters. The first-order valence-electron chi connectivity index (χ1n) is 3.95. The van der Waals surface area contributed by atoms with Gasteiger partial charge < -0.3 is 10.1 Å². The van der Waals surface area contributed by atoms with Crippen LogP contribution in [-0.4, -0.2) is 37.0 Å². The molecule has 0 aromatic heterocycles. The number of hydrogen-bond acceptors (Lipinski definition) is 4. The van der Waals surface area contributed by atoms with Crippen LogP contribution in [0.5, 0.6) is 0 Å². The molecular weight excluding hydrogens is 190 g/mol. The van der Waals surface area contributed by atoms with E-state index in [1.807, 2.05) is 6.26 Å². The van der Waals surface area contributed by atoms with Gasteiger partial charge in [-0.1, -0.05) is 0 Å². The number of Topliss-reactive ketones (excluding diaryl/α,β-unsaturated/α-hetero) is 1. The summed E-state index contributed by atoms with van der Waals surface area (Å²) >= 11 is 1.64. The van der Waals surface area contributed by atoms with Gasteiger partial charge in [0.15, 0.2) is 5.78 Å². The van der Waals surface area contributed by atoms with Crippen LogP contribution in [-0.2, 0) is 9.53 Å². The van der Waals surface area contributed by atoms with E-state index in [2.05, 4.69) is 10.1 Å². The topological polar surface area (TPSA) is 55.4 Å². The van der Waals surface area contributed by atoms with E-state index in [0.717, 1.165) is 5.75 Å². The second kappa shape index (κ2) is 6.77. The zero-order valence-corrected chi connectivity index (χ0v) is 8.94.